The molecule has 3 N–H and O–H groups in total. The van der Waals surface area contributed by atoms with Crippen molar-refractivity contribution in [2.45, 2.75) is 122 Å². The molecule has 0 aromatic heterocycles. The van der Waals surface area contributed by atoms with Crippen LogP contribution < -0.4 is 0 Å². The monoisotopic (exact) mass is 558 g/mol. The first-order valence-electron chi connectivity index (χ1n) is 15.1. The van der Waals surface area contributed by atoms with E-state index >= 15 is 0 Å². The maximum atomic E-state index is 13.8. The Kier molecular flexibility index (Phi) is 9.83. The molecule has 224 valence electrons. The van der Waals surface area contributed by atoms with Gasteiger partial charge in [0, 0.05) is 25.7 Å². The second-order valence-electron chi connectivity index (χ2n) is 13.2. The number of esters is 1. The number of hydrogen-bond donors (Lipinski definition) is 3. The zero-order chi connectivity index (χ0) is 29.2. The van der Waals surface area contributed by atoms with E-state index < -0.39 is 42.1 Å². The molecule has 2 bridgehead atoms. The molecule has 3 aliphatic heterocycles. The molecule has 0 aromatic carbocycles. The van der Waals surface area contributed by atoms with Gasteiger partial charge in [0.25, 0.3) is 0 Å². The van der Waals surface area contributed by atoms with Crippen molar-refractivity contribution in [2.75, 3.05) is 6.61 Å². The van der Waals surface area contributed by atoms with Crippen LogP contribution in [0.3, 0.4) is 0 Å². The Balaban J connectivity index is 1.72. The molecule has 4 aliphatic rings. The van der Waals surface area contributed by atoms with Gasteiger partial charge in [-0.3, -0.25) is 4.79 Å². The maximum Gasteiger partial charge on any atom is 0.316 e. The molecule has 0 radical (unpaired) electrons. The van der Waals surface area contributed by atoms with Crippen LogP contribution in [0, 0.1) is 23.7 Å². The highest BCUT2D eigenvalue weighted by Crippen LogP contribution is 2.45. The normalized spacial score (nSPS) is 45.0. The van der Waals surface area contributed by atoms with Gasteiger partial charge in [-0.05, 0) is 62.0 Å². The summed E-state index contributed by atoms with van der Waals surface area (Å²) >= 11 is 0. The van der Waals surface area contributed by atoms with Crippen LogP contribution in [-0.2, 0) is 19.0 Å². The highest BCUT2D eigenvalue weighted by atomic mass is 16.7. The quantitative estimate of drug-likeness (QED) is 0.318. The molecule has 2 fully saturated rings. The van der Waals surface area contributed by atoms with E-state index in [9.17, 15) is 20.1 Å². The molecule has 0 unspecified atom stereocenters. The molecule has 3 heterocycles. The number of hydrogen-bond acceptors (Lipinski definition) is 7. The second kappa shape index (κ2) is 12.6. The SMILES string of the molecule is CC1=C[C@H]2C(=O)O[C@H]3C[C@@H](C/C=C(/C)C[C@@H](C)/C=C\C=C(\CO)[C@]2(O)C[C@@H]1O)O[C@@]1(CC[C@H](C)[C@@H](C(C)C)O1)C3. The van der Waals surface area contributed by atoms with Gasteiger partial charge in [-0.1, -0.05) is 63.6 Å². The minimum Gasteiger partial charge on any atom is -0.462 e. The lowest BCUT2D eigenvalue weighted by atomic mass is 9.71. The summed E-state index contributed by atoms with van der Waals surface area (Å²) < 4.78 is 19.6. The number of carbonyl (C=O) groups excluding carboxylic acids is 1. The Hall–Kier alpha value is -1.77. The van der Waals surface area contributed by atoms with Crippen molar-refractivity contribution in [3.63, 3.8) is 0 Å². The lowest BCUT2D eigenvalue weighted by Crippen LogP contribution is -2.56. The van der Waals surface area contributed by atoms with Crippen molar-refractivity contribution in [3.05, 3.63) is 47.1 Å². The summed E-state index contributed by atoms with van der Waals surface area (Å²) in [4.78, 5) is 13.8. The van der Waals surface area contributed by atoms with E-state index in [0.29, 0.717) is 36.7 Å². The van der Waals surface area contributed by atoms with Crippen LogP contribution in [0.2, 0.25) is 0 Å². The first kappa shape index (κ1) is 31.2. The molecule has 7 heteroatoms. The lowest BCUT2D eigenvalue weighted by molar-refractivity contribution is -0.340. The third-order valence-corrected chi connectivity index (χ3v) is 9.34. The number of rotatable bonds is 2. The van der Waals surface area contributed by atoms with E-state index in [-0.39, 0.29) is 30.1 Å². The van der Waals surface area contributed by atoms with E-state index in [2.05, 4.69) is 40.7 Å². The topological polar surface area (TPSA) is 105 Å². The molecule has 0 aromatic rings. The predicted molar refractivity (Wildman–Crippen MR) is 154 cm³/mol. The van der Waals surface area contributed by atoms with Crippen molar-refractivity contribution >= 4 is 5.97 Å². The highest BCUT2D eigenvalue weighted by molar-refractivity contribution is 5.78. The van der Waals surface area contributed by atoms with Gasteiger partial charge in [0.05, 0.1) is 24.9 Å². The molecule has 0 saturated carbocycles. The summed E-state index contributed by atoms with van der Waals surface area (Å²) in [5, 5.41) is 32.8. The minimum absolute atomic E-state index is 0.0550. The molecule has 9 atom stereocenters. The number of aliphatic hydroxyl groups is 3. The fourth-order valence-corrected chi connectivity index (χ4v) is 7.04. The second-order valence-corrected chi connectivity index (χ2v) is 13.2. The van der Waals surface area contributed by atoms with Gasteiger partial charge < -0.3 is 29.5 Å². The van der Waals surface area contributed by atoms with Gasteiger partial charge in [0.15, 0.2) is 5.79 Å². The molecule has 1 aliphatic carbocycles. The van der Waals surface area contributed by atoms with Crippen molar-refractivity contribution < 1.29 is 34.3 Å². The molecule has 4 rings (SSSR count). The van der Waals surface area contributed by atoms with Crippen molar-refractivity contribution in [1.29, 1.82) is 0 Å². The smallest absolute Gasteiger partial charge is 0.316 e. The van der Waals surface area contributed by atoms with Crippen molar-refractivity contribution in [1.82, 2.24) is 0 Å². The molecule has 0 amide bonds. The summed E-state index contributed by atoms with van der Waals surface area (Å²) in [6, 6.07) is 0. The third-order valence-electron chi connectivity index (χ3n) is 9.34. The maximum absolute atomic E-state index is 13.8. The zero-order valence-electron chi connectivity index (χ0n) is 25.1. The molecule has 40 heavy (non-hydrogen) atoms. The van der Waals surface area contributed by atoms with Crippen LogP contribution in [0.5, 0.6) is 0 Å². The molecule has 1 spiro atoms. The summed E-state index contributed by atoms with van der Waals surface area (Å²) in [6.07, 6.45) is 12.0. The first-order chi connectivity index (χ1) is 18.9. The van der Waals surface area contributed by atoms with Crippen molar-refractivity contribution in [3.8, 4) is 0 Å². The van der Waals surface area contributed by atoms with Crippen molar-refractivity contribution in [2.24, 2.45) is 23.7 Å². The van der Waals surface area contributed by atoms with Crippen LogP contribution in [-0.4, -0.2) is 63.7 Å². The van der Waals surface area contributed by atoms with Gasteiger partial charge in [0.2, 0.25) is 0 Å². The number of ether oxygens (including phenoxy) is 3. The molecule has 7 nitrogen and oxygen atoms in total. The van der Waals surface area contributed by atoms with Gasteiger partial charge >= 0.3 is 5.97 Å². The Bertz CT molecular complexity index is 1040. The van der Waals surface area contributed by atoms with Crippen LogP contribution in [0.15, 0.2) is 47.1 Å². The number of fused-ring (bicyclic) bond motifs is 3. The Morgan fingerprint density at radius 1 is 1.12 bits per heavy atom. The molecular weight excluding hydrogens is 508 g/mol. The van der Waals surface area contributed by atoms with Crippen LogP contribution in [0.4, 0.5) is 0 Å². The zero-order valence-corrected chi connectivity index (χ0v) is 25.1. The Morgan fingerprint density at radius 3 is 2.58 bits per heavy atom. The summed E-state index contributed by atoms with van der Waals surface area (Å²) in [7, 11) is 0. The van der Waals surface area contributed by atoms with E-state index in [0.717, 1.165) is 19.3 Å². The number of carbonyl (C=O) groups is 1. The Morgan fingerprint density at radius 2 is 1.88 bits per heavy atom. The summed E-state index contributed by atoms with van der Waals surface area (Å²) in [5.74, 6) is -1.45. The van der Waals surface area contributed by atoms with E-state index in [1.165, 1.54) is 5.57 Å². The van der Waals surface area contributed by atoms with E-state index in [1.54, 1.807) is 19.1 Å². The standard InChI is InChI=1S/C33H50O7/c1-20(2)30-23(5)12-13-32(40-30)17-27-16-26(39-32)11-10-22(4)14-21(3)8-7-9-25(19-34)33(37)18-29(35)24(6)15-28(33)31(36)38-27/h7-10,15,20-21,23,26-30,34-35,37H,11-14,16-19H2,1-6H3/b8-7-,22-10-,25-9-/t21-,23-,26+,27-,28-,29-,30+,32+,33+/m0/s1. The Labute approximate surface area is 240 Å². The van der Waals surface area contributed by atoms with Gasteiger partial charge in [-0.2, -0.15) is 0 Å². The van der Waals surface area contributed by atoms with E-state index in [1.807, 2.05) is 12.2 Å². The highest BCUT2D eigenvalue weighted by Gasteiger charge is 2.52. The number of allylic oxidation sites excluding steroid dienone is 4. The predicted octanol–water partition coefficient (Wildman–Crippen LogP) is 5.15. The van der Waals surface area contributed by atoms with Crippen LogP contribution in [0.1, 0.15) is 86.5 Å². The van der Waals surface area contributed by atoms with Gasteiger partial charge in [0.1, 0.15) is 17.6 Å². The minimum atomic E-state index is -1.77. The van der Waals surface area contributed by atoms with Crippen LogP contribution >= 0.6 is 0 Å². The fourth-order valence-electron chi connectivity index (χ4n) is 7.04. The number of aliphatic hydroxyl groups excluding tert-OH is 2. The summed E-state index contributed by atoms with van der Waals surface area (Å²) in [5.41, 5.74) is 0.368. The van der Waals surface area contributed by atoms with Crippen LogP contribution in [0.25, 0.3) is 0 Å². The fraction of sp³-hybridized carbons (Fsp3) is 0.727. The van der Waals surface area contributed by atoms with Gasteiger partial charge in [-0.25, -0.2) is 0 Å². The third kappa shape index (κ3) is 6.81. The summed E-state index contributed by atoms with van der Waals surface area (Å²) in [6.45, 7) is 12.1. The first-order valence-corrected chi connectivity index (χ1v) is 15.1. The average molecular weight is 559 g/mol. The molecule has 2 saturated heterocycles. The lowest BCUT2D eigenvalue weighted by Gasteiger charge is -2.50. The van der Waals surface area contributed by atoms with Gasteiger partial charge in [-0.15, -0.1) is 0 Å². The average Bonchev–Trinajstić information content (AvgIpc) is 2.88. The largest absolute Gasteiger partial charge is 0.462 e. The molecular formula is C33H50O7. The van der Waals surface area contributed by atoms with E-state index in [4.69, 9.17) is 14.2 Å².